The van der Waals surface area contributed by atoms with E-state index in [1.165, 1.54) is 0 Å². The third-order valence-corrected chi connectivity index (χ3v) is 3.00. The van der Waals surface area contributed by atoms with Crippen molar-refractivity contribution in [2.24, 2.45) is 0 Å². The molecule has 0 aliphatic heterocycles. The van der Waals surface area contributed by atoms with Gasteiger partial charge in [0.25, 0.3) is 0 Å². The van der Waals surface area contributed by atoms with Crippen molar-refractivity contribution in [3.8, 4) is 5.75 Å². The normalized spacial score (nSPS) is 10.3. The maximum Gasteiger partial charge on any atom is 0.169 e. The molecule has 0 radical (unpaired) electrons. The zero-order valence-corrected chi connectivity index (χ0v) is 11.3. The molecule has 0 fully saturated rings. The summed E-state index contributed by atoms with van der Waals surface area (Å²) in [4.78, 5) is 20.4. The zero-order valence-electron chi connectivity index (χ0n) is 11.3. The summed E-state index contributed by atoms with van der Waals surface area (Å²) >= 11 is 0. The van der Waals surface area contributed by atoms with Crippen LogP contribution in [0.4, 0.5) is 0 Å². The topological polar surface area (TPSA) is 52.1 Å². The van der Waals surface area contributed by atoms with Crippen LogP contribution in [-0.2, 0) is 6.42 Å². The van der Waals surface area contributed by atoms with E-state index >= 15 is 0 Å². The van der Waals surface area contributed by atoms with Gasteiger partial charge in [0, 0.05) is 24.2 Å². The molecule has 0 unspecified atom stereocenters. The second-order valence-electron chi connectivity index (χ2n) is 4.43. The van der Waals surface area contributed by atoms with Crippen LogP contribution in [0.25, 0.3) is 0 Å². The molecule has 0 saturated heterocycles. The Kier molecular flexibility index (Phi) is 3.90. The number of aryl methyl sites for hydroxylation is 2. The van der Waals surface area contributed by atoms with Crippen molar-refractivity contribution in [1.82, 2.24) is 9.97 Å². The number of aromatic nitrogens is 2. The molecule has 0 saturated carbocycles. The van der Waals surface area contributed by atoms with Crippen molar-refractivity contribution in [1.29, 1.82) is 0 Å². The van der Waals surface area contributed by atoms with Gasteiger partial charge in [0.2, 0.25) is 0 Å². The largest absolute Gasteiger partial charge is 0.496 e. The lowest BCUT2D eigenvalue weighted by Gasteiger charge is -2.10. The molecule has 0 N–H and O–H groups in total. The van der Waals surface area contributed by atoms with E-state index in [1.807, 2.05) is 26.0 Å². The number of nitrogens with zero attached hydrogens (tertiary/aromatic N) is 2. The summed E-state index contributed by atoms with van der Waals surface area (Å²) in [7, 11) is 1.63. The van der Waals surface area contributed by atoms with E-state index in [2.05, 4.69) is 9.97 Å². The van der Waals surface area contributed by atoms with Gasteiger partial charge < -0.3 is 4.74 Å². The van der Waals surface area contributed by atoms with E-state index in [9.17, 15) is 4.79 Å². The maximum atomic E-state index is 12.3. The van der Waals surface area contributed by atoms with Crippen LogP contribution < -0.4 is 4.74 Å². The molecule has 4 nitrogen and oxygen atoms in total. The Morgan fingerprint density at radius 1 is 1.21 bits per heavy atom. The van der Waals surface area contributed by atoms with Crippen LogP contribution in [0.15, 0.2) is 30.7 Å². The summed E-state index contributed by atoms with van der Waals surface area (Å²) in [5, 5.41) is 0. The van der Waals surface area contributed by atoms with Crippen LogP contribution in [0.1, 0.15) is 27.2 Å². The standard InChI is InChI=1S/C15H16N2O2/c1-10-7-15(19-3)11(2)6-13(10)14(18)8-12-9-16-4-5-17-12/h4-7,9H,8H2,1-3H3. The van der Waals surface area contributed by atoms with E-state index in [0.29, 0.717) is 11.3 Å². The third-order valence-electron chi connectivity index (χ3n) is 3.00. The van der Waals surface area contributed by atoms with Crippen molar-refractivity contribution in [3.05, 3.63) is 53.1 Å². The summed E-state index contributed by atoms with van der Waals surface area (Å²) in [6, 6.07) is 3.76. The first-order valence-corrected chi connectivity index (χ1v) is 6.05. The molecule has 0 spiro atoms. The quantitative estimate of drug-likeness (QED) is 0.789. The maximum absolute atomic E-state index is 12.3. The van der Waals surface area contributed by atoms with Crippen LogP contribution in [-0.4, -0.2) is 22.9 Å². The summed E-state index contributed by atoms with van der Waals surface area (Å²) < 4.78 is 5.25. The average molecular weight is 256 g/mol. The predicted octanol–water partition coefficient (Wildman–Crippen LogP) is 2.53. The van der Waals surface area contributed by atoms with E-state index < -0.39 is 0 Å². The van der Waals surface area contributed by atoms with Gasteiger partial charge in [-0.25, -0.2) is 0 Å². The first-order chi connectivity index (χ1) is 9.11. The number of carbonyl (C=O) groups is 1. The fraction of sp³-hybridized carbons (Fsp3) is 0.267. The predicted molar refractivity (Wildman–Crippen MR) is 72.5 cm³/mol. The molecule has 4 heteroatoms. The van der Waals surface area contributed by atoms with Gasteiger partial charge in [-0.05, 0) is 37.1 Å². The highest BCUT2D eigenvalue weighted by Crippen LogP contribution is 2.23. The highest BCUT2D eigenvalue weighted by atomic mass is 16.5. The Morgan fingerprint density at radius 3 is 2.63 bits per heavy atom. The van der Waals surface area contributed by atoms with Crippen molar-refractivity contribution < 1.29 is 9.53 Å². The van der Waals surface area contributed by atoms with Gasteiger partial charge in [0.05, 0.1) is 19.2 Å². The first-order valence-electron chi connectivity index (χ1n) is 6.05. The summed E-state index contributed by atoms with van der Waals surface area (Å²) in [5.74, 6) is 0.845. The molecule has 1 aromatic carbocycles. The molecular formula is C15H16N2O2. The van der Waals surface area contributed by atoms with Crippen molar-refractivity contribution >= 4 is 5.78 Å². The van der Waals surface area contributed by atoms with Crippen molar-refractivity contribution in [2.45, 2.75) is 20.3 Å². The summed E-state index contributed by atoms with van der Waals surface area (Å²) in [6.45, 7) is 3.84. The summed E-state index contributed by atoms with van der Waals surface area (Å²) in [5.41, 5.74) is 3.26. The lowest BCUT2D eigenvalue weighted by molar-refractivity contribution is 0.0991. The van der Waals surface area contributed by atoms with E-state index in [4.69, 9.17) is 4.74 Å². The number of methoxy groups -OCH3 is 1. The van der Waals surface area contributed by atoms with Crippen molar-refractivity contribution in [3.63, 3.8) is 0 Å². The van der Waals surface area contributed by atoms with Crippen LogP contribution in [0.3, 0.4) is 0 Å². The fourth-order valence-electron chi connectivity index (χ4n) is 1.99. The smallest absolute Gasteiger partial charge is 0.169 e. The van der Waals surface area contributed by atoms with Gasteiger partial charge >= 0.3 is 0 Å². The number of Topliss-reactive ketones (excluding diaryl/α,β-unsaturated/α-hetero) is 1. The van der Waals surface area contributed by atoms with Crippen LogP contribution in [0.5, 0.6) is 5.75 Å². The average Bonchev–Trinajstić information content (AvgIpc) is 2.42. The number of hydrogen-bond donors (Lipinski definition) is 0. The second kappa shape index (κ2) is 5.61. The molecule has 98 valence electrons. The molecule has 1 aromatic heterocycles. The highest BCUT2D eigenvalue weighted by Gasteiger charge is 2.13. The molecule has 0 aliphatic rings. The minimum Gasteiger partial charge on any atom is -0.496 e. The second-order valence-corrected chi connectivity index (χ2v) is 4.43. The Labute approximate surface area is 112 Å². The van der Waals surface area contributed by atoms with E-state index in [1.54, 1.807) is 25.7 Å². The molecule has 1 heterocycles. The highest BCUT2D eigenvalue weighted by molar-refractivity contribution is 5.99. The minimum atomic E-state index is 0.0451. The molecule has 0 amide bonds. The molecular weight excluding hydrogens is 240 g/mol. The van der Waals surface area contributed by atoms with Crippen molar-refractivity contribution in [2.75, 3.05) is 7.11 Å². The lowest BCUT2D eigenvalue weighted by atomic mass is 9.98. The SMILES string of the molecule is COc1cc(C)c(C(=O)Cc2cnccn2)cc1C. The Hall–Kier alpha value is -2.23. The van der Waals surface area contributed by atoms with Gasteiger partial charge in [-0.2, -0.15) is 0 Å². The van der Waals surface area contributed by atoms with Gasteiger partial charge in [-0.3, -0.25) is 14.8 Å². The molecule has 0 bridgehead atoms. The zero-order chi connectivity index (χ0) is 13.8. The number of carbonyl (C=O) groups excluding carboxylic acids is 1. The fourth-order valence-corrected chi connectivity index (χ4v) is 1.99. The first kappa shape index (κ1) is 13.2. The monoisotopic (exact) mass is 256 g/mol. The number of hydrogen-bond acceptors (Lipinski definition) is 4. The number of benzene rings is 1. The number of ketones is 1. The molecule has 2 aromatic rings. The van der Waals surface area contributed by atoms with Gasteiger partial charge in [0.15, 0.2) is 5.78 Å². The Morgan fingerprint density at radius 2 is 2.00 bits per heavy atom. The number of rotatable bonds is 4. The van der Waals surface area contributed by atoms with E-state index in [0.717, 1.165) is 16.9 Å². The third kappa shape index (κ3) is 2.96. The van der Waals surface area contributed by atoms with Crippen LogP contribution >= 0.6 is 0 Å². The molecule has 0 atom stereocenters. The summed E-state index contributed by atoms with van der Waals surface area (Å²) in [6.07, 6.45) is 5.07. The Bertz CT molecular complexity index is 595. The Balaban J connectivity index is 2.27. The molecule has 19 heavy (non-hydrogen) atoms. The van der Waals surface area contributed by atoms with Gasteiger partial charge in [0.1, 0.15) is 5.75 Å². The van der Waals surface area contributed by atoms with Crippen LogP contribution in [0, 0.1) is 13.8 Å². The van der Waals surface area contributed by atoms with E-state index in [-0.39, 0.29) is 12.2 Å². The lowest BCUT2D eigenvalue weighted by Crippen LogP contribution is -2.08. The number of ether oxygens (including phenoxy) is 1. The van der Waals surface area contributed by atoms with Gasteiger partial charge in [-0.1, -0.05) is 0 Å². The van der Waals surface area contributed by atoms with Gasteiger partial charge in [-0.15, -0.1) is 0 Å². The van der Waals surface area contributed by atoms with Crippen LogP contribution in [0.2, 0.25) is 0 Å². The molecule has 2 rings (SSSR count). The minimum absolute atomic E-state index is 0.0451. The molecule has 0 aliphatic carbocycles.